The largest absolute Gasteiger partial charge is 0.489 e. The number of rotatable bonds is 8. The van der Waals surface area contributed by atoms with Crippen molar-refractivity contribution in [1.29, 1.82) is 0 Å². The maximum absolute atomic E-state index is 12.3. The summed E-state index contributed by atoms with van der Waals surface area (Å²) in [5.74, 6) is 0.669. The van der Waals surface area contributed by atoms with Crippen LogP contribution in [0.5, 0.6) is 5.75 Å². The fourth-order valence-electron chi connectivity index (χ4n) is 3.16. The topological polar surface area (TPSA) is 44.8 Å². The van der Waals surface area contributed by atoms with Crippen molar-refractivity contribution in [2.75, 3.05) is 46.3 Å². The highest BCUT2D eigenvalue weighted by Crippen LogP contribution is 2.19. The number of likely N-dealkylation sites (N-methyl/N-ethyl adjacent to an activating group) is 1. The number of carbonyl (C=O) groups excluding carboxylic acids is 1. The van der Waals surface area contributed by atoms with Crippen LogP contribution < -0.4 is 10.1 Å². The van der Waals surface area contributed by atoms with Crippen LogP contribution in [-0.4, -0.2) is 62.0 Å². The van der Waals surface area contributed by atoms with Crippen molar-refractivity contribution >= 4 is 17.5 Å². The Hall–Kier alpha value is -2.08. The molecule has 1 saturated heterocycles. The summed E-state index contributed by atoms with van der Waals surface area (Å²) in [6.07, 6.45) is 0.967. The fourth-order valence-corrected chi connectivity index (χ4v) is 3.35. The molecular formula is C22H28ClN3O2. The Morgan fingerprint density at radius 1 is 1.07 bits per heavy atom. The minimum absolute atomic E-state index is 0.0453. The number of halogens is 1. The van der Waals surface area contributed by atoms with Gasteiger partial charge in [0.1, 0.15) is 12.4 Å². The third kappa shape index (κ3) is 6.23. The lowest BCUT2D eigenvalue weighted by Crippen LogP contribution is -2.45. The third-order valence-electron chi connectivity index (χ3n) is 5.00. The number of piperazine rings is 1. The fraction of sp³-hybridized carbons (Fsp3) is 0.409. The predicted octanol–water partition coefficient (Wildman–Crippen LogP) is 3.29. The Balaban J connectivity index is 1.38. The quantitative estimate of drug-likeness (QED) is 0.689. The number of nitrogens with one attached hydrogen (secondary N) is 1. The Kier molecular flexibility index (Phi) is 7.71. The Labute approximate surface area is 172 Å². The molecule has 1 fully saturated rings. The molecule has 3 rings (SSSR count). The zero-order valence-electron chi connectivity index (χ0n) is 16.4. The van der Waals surface area contributed by atoms with Gasteiger partial charge in [-0.2, -0.15) is 0 Å². The first-order valence-electron chi connectivity index (χ1n) is 9.77. The molecule has 1 amide bonds. The van der Waals surface area contributed by atoms with Gasteiger partial charge < -0.3 is 19.9 Å². The second-order valence-corrected chi connectivity index (χ2v) is 7.57. The van der Waals surface area contributed by atoms with Crippen molar-refractivity contribution in [2.45, 2.75) is 13.0 Å². The van der Waals surface area contributed by atoms with Crippen LogP contribution in [0.25, 0.3) is 0 Å². The number of hydrogen-bond acceptors (Lipinski definition) is 4. The first-order chi connectivity index (χ1) is 13.6. The zero-order chi connectivity index (χ0) is 19.8. The minimum Gasteiger partial charge on any atom is -0.489 e. The molecule has 0 unspecified atom stereocenters. The van der Waals surface area contributed by atoms with E-state index in [1.54, 1.807) is 12.1 Å². The Bertz CT molecular complexity index is 759. The van der Waals surface area contributed by atoms with Crippen molar-refractivity contribution in [3.8, 4) is 5.75 Å². The summed E-state index contributed by atoms with van der Waals surface area (Å²) in [6, 6.07) is 14.8. The lowest BCUT2D eigenvalue weighted by atomic mass is 10.2. The first kappa shape index (κ1) is 20.6. The van der Waals surface area contributed by atoms with E-state index in [9.17, 15) is 4.79 Å². The molecule has 1 heterocycles. The standard InChI is InChI=1S/C22H28ClN3O2/c1-25-13-15-26(16-14-25)12-4-11-24-22(27)18-7-9-20(10-8-18)28-17-19-5-2-3-6-21(19)23/h2-3,5-10H,4,11-17H2,1H3,(H,24,27). The van der Waals surface area contributed by atoms with Crippen molar-refractivity contribution in [3.63, 3.8) is 0 Å². The molecule has 1 aliphatic rings. The van der Waals surface area contributed by atoms with Crippen LogP contribution in [0.15, 0.2) is 48.5 Å². The van der Waals surface area contributed by atoms with Crippen LogP contribution in [-0.2, 0) is 6.61 Å². The van der Waals surface area contributed by atoms with Crippen LogP contribution in [0.1, 0.15) is 22.3 Å². The van der Waals surface area contributed by atoms with Crippen LogP contribution >= 0.6 is 11.6 Å². The van der Waals surface area contributed by atoms with E-state index in [1.165, 1.54) is 0 Å². The molecule has 28 heavy (non-hydrogen) atoms. The van der Waals surface area contributed by atoms with Gasteiger partial charge in [-0.05, 0) is 50.3 Å². The summed E-state index contributed by atoms with van der Waals surface area (Å²) < 4.78 is 5.76. The Morgan fingerprint density at radius 2 is 1.79 bits per heavy atom. The summed E-state index contributed by atoms with van der Waals surface area (Å²) >= 11 is 6.14. The zero-order valence-corrected chi connectivity index (χ0v) is 17.1. The van der Waals surface area contributed by atoms with E-state index in [1.807, 2.05) is 36.4 Å². The maximum atomic E-state index is 12.3. The number of carbonyl (C=O) groups is 1. The molecule has 0 saturated carbocycles. The maximum Gasteiger partial charge on any atom is 0.251 e. The summed E-state index contributed by atoms with van der Waals surface area (Å²) in [5, 5.41) is 3.69. The van der Waals surface area contributed by atoms with Crippen molar-refractivity contribution in [2.24, 2.45) is 0 Å². The van der Waals surface area contributed by atoms with E-state index >= 15 is 0 Å². The Morgan fingerprint density at radius 3 is 2.50 bits per heavy atom. The van der Waals surface area contributed by atoms with E-state index < -0.39 is 0 Å². The third-order valence-corrected chi connectivity index (χ3v) is 5.37. The van der Waals surface area contributed by atoms with E-state index in [0.717, 1.165) is 44.7 Å². The van der Waals surface area contributed by atoms with Crippen molar-refractivity contribution < 1.29 is 9.53 Å². The van der Waals surface area contributed by atoms with Gasteiger partial charge in [-0.15, -0.1) is 0 Å². The van der Waals surface area contributed by atoms with Gasteiger partial charge in [-0.25, -0.2) is 0 Å². The van der Waals surface area contributed by atoms with Gasteiger partial charge >= 0.3 is 0 Å². The molecule has 2 aromatic carbocycles. The molecule has 6 heteroatoms. The summed E-state index contributed by atoms with van der Waals surface area (Å²) in [6.45, 7) is 6.59. The van der Waals surface area contributed by atoms with Crippen LogP contribution in [0, 0.1) is 0 Å². The molecule has 0 bridgehead atoms. The molecule has 2 aromatic rings. The van der Waals surface area contributed by atoms with Gasteiger partial charge in [0.05, 0.1) is 0 Å². The first-order valence-corrected chi connectivity index (χ1v) is 10.1. The van der Waals surface area contributed by atoms with Crippen LogP contribution in [0.4, 0.5) is 0 Å². The van der Waals surface area contributed by atoms with Crippen molar-refractivity contribution in [1.82, 2.24) is 15.1 Å². The lowest BCUT2D eigenvalue weighted by Gasteiger charge is -2.32. The molecule has 150 valence electrons. The highest BCUT2D eigenvalue weighted by molar-refractivity contribution is 6.31. The number of amides is 1. The smallest absolute Gasteiger partial charge is 0.251 e. The number of hydrogen-bond donors (Lipinski definition) is 1. The summed E-state index contributed by atoms with van der Waals surface area (Å²) in [5.41, 5.74) is 1.58. The van der Waals surface area contributed by atoms with Crippen molar-refractivity contribution in [3.05, 3.63) is 64.7 Å². The van der Waals surface area contributed by atoms with Gasteiger partial charge in [-0.1, -0.05) is 29.8 Å². The molecule has 0 radical (unpaired) electrons. The number of benzene rings is 2. The van der Waals surface area contributed by atoms with E-state index in [-0.39, 0.29) is 5.91 Å². The monoisotopic (exact) mass is 401 g/mol. The second-order valence-electron chi connectivity index (χ2n) is 7.16. The van der Waals surface area contributed by atoms with Crippen LogP contribution in [0.3, 0.4) is 0 Å². The summed E-state index contributed by atoms with van der Waals surface area (Å²) in [7, 11) is 2.16. The van der Waals surface area contributed by atoms with E-state index in [0.29, 0.717) is 29.5 Å². The molecule has 0 aliphatic carbocycles. The molecular weight excluding hydrogens is 374 g/mol. The number of nitrogens with zero attached hydrogens (tertiary/aromatic N) is 2. The SMILES string of the molecule is CN1CCN(CCCNC(=O)c2ccc(OCc3ccccc3Cl)cc2)CC1. The minimum atomic E-state index is -0.0453. The van der Waals surface area contributed by atoms with E-state index in [2.05, 4.69) is 22.2 Å². The highest BCUT2D eigenvalue weighted by Gasteiger charge is 2.13. The average Bonchev–Trinajstić information content (AvgIpc) is 2.72. The molecule has 1 aliphatic heterocycles. The van der Waals surface area contributed by atoms with E-state index in [4.69, 9.17) is 16.3 Å². The molecule has 0 atom stereocenters. The van der Waals surface area contributed by atoms with Gasteiger partial charge in [-0.3, -0.25) is 4.79 Å². The normalized spacial score (nSPS) is 15.4. The summed E-state index contributed by atoms with van der Waals surface area (Å²) in [4.78, 5) is 17.1. The molecule has 5 nitrogen and oxygen atoms in total. The van der Waals surface area contributed by atoms with Gasteiger partial charge in [0.25, 0.3) is 5.91 Å². The average molecular weight is 402 g/mol. The highest BCUT2D eigenvalue weighted by atomic mass is 35.5. The predicted molar refractivity (Wildman–Crippen MR) is 113 cm³/mol. The molecule has 0 aromatic heterocycles. The molecule has 0 spiro atoms. The van der Waals surface area contributed by atoms with Gasteiger partial charge in [0.2, 0.25) is 0 Å². The van der Waals surface area contributed by atoms with Gasteiger partial charge in [0, 0.05) is 48.9 Å². The number of ether oxygens (including phenoxy) is 1. The van der Waals surface area contributed by atoms with Gasteiger partial charge in [0.15, 0.2) is 0 Å². The second kappa shape index (κ2) is 10.5. The molecule has 1 N–H and O–H groups in total. The lowest BCUT2D eigenvalue weighted by molar-refractivity contribution is 0.0949. The van der Waals surface area contributed by atoms with Crippen LogP contribution in [0.2, 0.25) is 5.02 Å².